The molecule has 0 aromatic heterocycles. The summed E-state index contributed by atoms with van der Waals surface area (Å²) in [4.78, 5) is 27.8. The minimum atomic E-state index is -3.87. The summed E-state index contributed by atoms with van der Waals surface area (Å²) >= 11 is 12.2. The summed E-state index contributed by atoms with van der Waals surface area (Å²) in [6, 6.07) is 11.0. The van der Waals surface area contributed by atoms with Crippen LogP contribution in [0.3, 0.4) is 0 Å². The largest absolute Gasteiger partial charge is 0.352 e. The predicted octanol–water partition coefficient (Wildman–Crippen LogP) is 4.40. The highest BCUT2D eigenvalue weighted by molar-refractivity contribution is 7.92. The third kappa shape index (κ3) is 7.35. The molecule has 0 fully saturated rings. The second kappa shape index (κ2) is 11.9. The first kappa shape index (κ1) is 28.0. The number of carbonyl (C=O) groups excluding carboxylic acids is 2. The van der Waals surface area contributed by atoms with E-state index in [0.717, 1.165) is 28.1 Å². The first-order valence-corrected chi connectivity index (χ1v) is 13.5. The minimum absolute atomic E-state index is 0.0641. The van der Waals surface area contributed by atoms with E-state index in [-0.39, 0.29) is 29.2 Å². The standard InChI is InChI=1S/C24H31Cl2N3O4S/c1-6-17(3)27-24(31)18(4)28(14-19-10-8-7-9-16(19)2)23(30)15-29(34(5,32)33)22-12-11-20(25)13-21(22)26/h7-13,17-18H,6,14-15H2,1-5H3,(H,27,31)/t17-,18-/m1/s1. The number of halogens is 2. The van der Waals surface area contributed by atoms with Gasteiger partial charge in [-0.15, -0.1) is 0 Å². The van der Waals surface area contributed by atoms with Crippen LogP contribution >= 0.6 is 23.2 Å². The number of carbonyl (C=O) groups is 2. The van der Waals surface area contributed by atoms with Gasteiger partial charge in [0.15, 0.2) is 0 Å². The van der Waals surface area contributed by atoms with Gasteiger partial charge in [-0.3, -0.25) is 13.9 Å². The smallest absolute Gasteiger partial charge is 0.244 e. The molecule has 0 unspecified atom stereocenters. The molecule has 0 saturated heterocycles. The lowest BCUT2D eigenvalue weighted by Gasteiger charge is -2.32. The highest BCUT2D eigenvalue weighted by atomic mass is 35.5. The Labute approximate surface area is 212 Å². The molecule has 0 radical (unpaired) electrons. The molecule has 2 amide bonds. The highest BCUT2D eigenvalue weighted by Crippen LogP contribution is 2.30. The Morgan fingerprint density at radius 1 is 1.09 bits per heavy atom. The van der Waals surface area contributed by atoms with E-state index in [2.05, 4.69) is 5.32 Å². The van der Waals surface area contributed by atoms with Crippen LogP contribution in [0.15, 0.2) is 42.5 Å². The van der Waals surface area contributed by atoms with Crippen molar-refractivity contribution < 1.29 is 18.0 Å². The Kier molecular flexibility index (Phi) is 9.79. The lowest BCUT2D eigenvalue weighted by atomic mass is 10.1. The quantitative estimate of drug-likeness (QED) is 0.495. The molecule has 34 heavy (non-hydrogen) atoms. The Balaban J connectivity index is 2.43. The maximum atomic E-state index is 13.5. The van der Waals surface area contributed by atoms with Gasteiger partial charge in [0.25, 0.3) is 0 Å². The SMILES string of the molecule is CC[C@@H](C)NC(=O)[C@@H](C)N(Cc1ccccc1C)C(=O)CN(c1ccc(Cl)cc1Cl)S(C)(=O)=O. The fraction of sp³-hybridized carbons (Fsp3) is 0.417. The Morgan fingerprint density at radius 2 is 1.74 bits per heavy atom. The zero-order valence-electron chi connectivity index (χ0n) is 20.0. The number of rotatable bonds is 10. The third-order valence-electron chi connectivity index (χ3n) is 5.63. The van der Waals surface area contributed by atoms with Gasteiger partial charge in [-0.05, 0) is 56.5 Å². The van der Waals surface area contributed by atoms with Crippen LogP contribution in [-0.2, 0) is 26.2 Å². The van der Waals surface area contributed by atoms with Crippen LogP contribution in [0.2, 0.25) is 10.0 Å². The summed E-state index contributed by atoms with van der Waals surface area (Å²) in [6.07, 6.45) is 1.73. The number of benzene rings is 2. The second-order valence-electron chi connectivity index (χ2n) is 8.31. The number of sulfonamides is 1. The molecular formula is C24H31Cl2N3O4S. The van der Waals surface area contributed by atoms with E-state index in [1.54, 1.807) is 6.92 Å². The first-order valence-electron chi connectivity index (χ1n) is 10.9. The van der Waals surface area contributed by atoms with Gasteiger partial charge in [-0.2, -0.15) is 0 Å². The summed E-state index contributed by atoms with van der Waals surface area (Å²) in [7, 11) is -3.87. The van der Waals surface area contributed by atoms with Gasteiger partial charge in [0.2, 0.25) is 21.8 Å². The van der Waals surface area contributed by atoms with Crippen LogP contribution in [0.1, 0.15) is 38.3 Å². The van der Waals surface area contributed by atoms with Crippen LogP contribution in [0.5, 0.6) is 0 Å². The molecule has 0 saturated carbocycles. The van der Waals surface area contributed by atoms with Crippen molar-refractivity contribution in [1.82, 2.24) is 10.2 Å². The van der Waals surface area contributed by atoms with E-state index in [9.17, 15) is 18.0 Å². The summed E-state index contributed by atoms with van der Waals surface area (Å²) in [5, 5.41) is 3.33. The monoisotopic (exact) mass is 527 g/mol. The molecule has 2 atom stereocenters. The predicted molar refractivity (Wildman–Crippen MR) is 138 cm³/mol. The van der Waals surface area contributed by atoms with E-state index < -0.39 is 28.5 Å². The molecule has 7 nitrogen and oxygen atoms in total. The van der Waals surface area contributed by atoms with Crippen molar-refractivity contribution in [3.05, 3.63) is 63.6 Å². The maximum absolute atomic E-state index is 13.5. The van der Waals surface area contributed by atoms with E-state index in [1.807, 2.05) is 45.0 Å². The van der Waals surface area contributed by atoms with Crippen molar-refractivity contribution in [2.24, 2.45) is 0 Å². The van der Waals surface area contributed by atoms with Crippen LogP contribution in [0, 0.1) is 6.92 Å². The molecule has 0 aliphatic heterocycles. The Hall–Kier alpha value is -2.29. The summed E-state index contributed by atoms with van der Waals surface area (Å²) in [5.41, 5.74) is 1.94. The van der Waals surface area contributed by atoms with Crippen LogP contribution in [0.25, 0.3) is 0 Å². The molecular weight excluding hydrogens is 497 g/mol. The Morgan fingerprint density at radius 3 is 2.29 bits per heavy atom. The van der Waals surface area contributed by atoms with E-state index in [4.69, 9.17) is 23.2 Å². The third-order valence-corrected chi connectivity index (χ3v) is 7.29. The maximum Gasteiger partial charge on any atom is 0.244 e. The zero-order valence-corrected chi connectivity index (χ0v) is 22.3. The van der Waals surface area contributed by atoms with Gasteiger partial charge in [-0.25, -0.2) is 8.42 Å². The molecule has 0 aliphatic carbocycles. The molecule has 0 aliphatic rings. The van der Waals surface area contributed by atoms with E-state index in [0.29, 0.717) is 5.02 Å². The van der Waals surface area contributed by atoms with Gasteiger partial charge >= 0.3 is 0 Å². The summed E-state index contributed by atoms with van der Waals surface area (Å²) in [6.45, 7) is 7.00. The van der Waals surface area contributed by atoms with E-state index in [1.165, 1.54) is 23.1 Å². The number of nitrogens with one attached hydrogen (secondary N) is 1. The molecule has 0 bridgehead atoms. The normalized spacial score (nSPS) is 13.1. The fourth-order valence-corrected chi connectivity index (χ4v) is 4.72. The molecule has 2 aromatic carbocycles. The number of aryl methyl sites for hydroxylation is 1. The number of hydrogen-bond donors (Lipinski definition) is 1. The number of nitrogens with zero attached hydrogens (tertiary/aromatic N) is 2. The number of amides is 2. The van der Waals surface area contributed by atoms with Crippen molar-refractivity contribution >= 4 is 50.7 Å². The van der Waals surface area contributed by atoms with Crippen molar-refractivity contribution in [1.29, 1.82) is 0 Å². The molecule has 2 rings (SSSR count). The molecule has 2 aromatic rings. The molecule has 186 valence electrons. The van der Waals surface area contributed by atoms with Gasteiger partial charge in [-0.1, -0.05) is 54.4 Å². The zero-order chi connectivity index (χ0) is 25.6. The highest BCUT2D eigenvalue weighted by Gasteiger charge is 2.31. The van der Waals surface area contributed by atoms with Gasteiger partial charge in [0.1, 0.15) is 12.6 Å². The van der Waals surface area contributed by atoms with E-state index >= 15 is 0 Å². The lowest BCUT2D eigenvalue weighted by Crippen LogP contribution is -2.52. The second-order valence-corrected chi connectivity index (χ2v) is 11.1. The fourth-order valence-electron chi connectivity index (χ4n) is 3.30. The van der Waals surface area contributed by atoms with Gasteiger partial charge in [0.05, 0.1) is 17.0 Å². The first-order chi connectivity index (χ1) is 15.8. The number of hydrogen-bond acceptors (Lipinski definition) is 4. The van der Waals surface area contributed by atoms with Crippen LogP contribution in [-0.4, -0.2) is 50.0 Å². The van der Waals surface area contributed by atoms with Crippen molar-refractivity contribution in [2.45, 2.75) is 52.7 Å². The van der Waals surface area contributed by atoms with Crippen LogP contribution in [0.4, 0.5) is 5.69 Å². The average Bonchev–Trinajstić information content (AvgIpc) is 2.76. The van der Waals surface area contributed by atoms with Gasteiger partial charge in [0, 0.05) is 17.6 Å². The van der Waals surface area contributed by atoms with Gasteiger partial charge < -0.3 is 10.2 Å². The summed E-state index contributed by atoms with van der Waals surface area (Å²) in [5.74, 6) is -0.849. The molecule has 0 spiro atoms. The number of anilines is 1. The Bertz CT molecular complexity index is 1140. The minimum Gasteiger partial charge on any atom is -0.352 e. The van der Waals surface area contributed by atoms with Crippen LogP contribution < -0.4 is 9.62 Å². The van der Waals surface area contributed by atoms with Crippen molar-refractivity contribution in [3.63, 3.8) is 0 Å². The average molecular weight is 529 g/mol. The molecule has 10 heteroatoms. The van der Waals surface area contributed by atoms with Crippen molar-refractivity contribution in [2.75, 3.05) is 17.1 Å². The molecule has 0 heterocycles. The molecule has 1 N–H and O–H groups in total. The van der Waals surface area contributed by atoms with Crippen molar-refractivity contribution in [3.8, 4) is 0 Å². The topological polar surface area (TPSA) is 86.8 Å². The lowest BCUT2D eigenvalue weighted by molar-refractivity contribution is -0.139. The summed E-state index contributed by atoms with van der Waals surface area (Å²) < 4.78 is 26.2.